The van der Waals surface area contributed by atoms with Crippen molar-refractivity contribution < 1.29 is 8.42 Å². The zero-order valence-corrected chi connectivity index (χ0v) is 14.2. The van der Waals surface area contributed by atoms with Crippen LogP contribution in [0.1, 0.15) is 25.7 Å². The van der Waals surface area contributed by atoms with E-state index in [-0.39, 0.29) is 30.6 Å². The van der Waals surface area contributed by atoms with Gasteiger partial charge in [-0.3, -0.25) is 0 Å². The van der Waals surface area contributed by atoms with Crippen LogP contribution in [0, 0.1) is 11.8 Å². The largest absolute Gasteiger partial charge is 0.317 e. The maximum absolute atomic E-state index is 11.0. The first-order chi connectivity index (χ1) is 8.54. The van der Waals surface area contributed by atoms with E-state index in [1.54, 1.807) is 0 Å². The molecule has 2 aliphatic rings. The van der Waals surface area contributed by atoms with Gasteiger partial charge in [-0.25, -0.2) is 13.6 Å². The lowest BCUT2D eigenvalue weighted by Gasteiger charge is -2.38. The van der Waals surface area contributed by atoms with Gasteiger partial charge in [0.05, 0.1) is 5.75 Å². The highest BCUT2D eigenvalue weighted by Gasteiger charge is 2.28. The number of rotatable bonds is 4. The van der Waals surface area contributed by atoms with E-state index in [0.29, 0.717) is 6.54 Å². The van der Waals surface area contributed by atoms with Gasteiger partial charge >= 0.3 is 0 Å². The molecule has 0 aromatic rings. The van der Waals surface area contributed by atoms with Crippen LogP contribution >= 0.6 is 24.8 Å². The molecule has 0 radical (unpaired) electrons. The van der Waals surface area contributed by atoms with Crippen molar-refractivity contribution in [2.24, 2.45) is 17.0 Å². The van der Waals surface area contributed by atoms with Gasteiger partial charge in [-0.2, -0.15) is 0 Å². The third kappa shape index (κ3) is 6.91. The lowest BCUT2D eigenvalue weighted by atomic mass is 9.80. The lowest BCUT2D eigenvalue weighted by Crippen LogP contribution is -2.43. The van der Waals surface area contributed by atoms with E-state index >= 15 is 0 Å². The molecule has 0 aliphatic carbocycles. The van der Waals surface area contributed by atoms with Crippen LogP contribution in [0.25, 0.3) is 0 Å². The monoisotopic (exact) mass is 347 g/mol. The average Bonchev–Trinajstić information content (AvgIpc) is 2.37. The second-order valence-electron chi connectivity index (χ2n) is 5.66. The molecule has 2 saturated heterocycles. The van der Waals surface area contributed by atoms with E-state index in [1.165, 1.54) is 25.7 Å². The maximum Gasteiger partial charge on any atom is 0.210 e. The number of piperidine rings is 2. The number of hydrogen-bond acceptors (Lipinski definition) is 4. The van der Waals surface area contributed by atoms with E-state index in [2.05, 4.69) is 10.2 Å². The Bertz CT molecular complexity index is 362. The highest BCUT2D eigenvalue weighted by atomic mass is 35.5. The van der Waals surface area contributed by atoms with Crippen molar-refractivity contribution in [3.05, 3.63) is 0 Å². The number of nitrogens with one attached hydrogen (secondary N) is 1. The third-order valence-electron chi connectivity index (χ3n) is 4.28. The second-order valence-corrected chi connectivity index (χ2v) is 7.39. The van der Waals surface area contributed by atoms with Gasteiger partial charge < -0.3 is 10.2 Å². The van der Waals surface area contributed by atoms with Crippen molar-refractivity contribution in [3.63, 3.8) is 0 Å². The molecule has 0 amide bonds. The van der Waals surface area contributed by atoms with Crippen LogP contribution in [-0.4, -0.2) is 51.8 Å². The summed E-state index contributed by atoms with van der Waals surface area (Å²) in [6.07, 6.45) is 5.04. The van der Waals surface area contributed by atoms with Gasteiger partial charge in [-0.15, -0.1) is 24.8 Å². The summed E-state index contributed by atoms with van der Waals surface area (Å²) in [5.74, 6) is 1.66. The Morgan fingerprint density at radius 1 is 1.10 bits per heavy atom. The number of sulfonamides is 1. The Hall–Kier alpha value is 0.410. The van der Waals surface area contributed by atoms with E-state index in [1.807, 2.05) is 0 Å². The van der Waals surface area contributed by atoms with Gasteiger partial charge in [0, 0.05) is 13.1 Å². The standard InChI is InChI=1S/C12H25N3O2S.2ClH/c13-18(16,17)9-8-15-7-1-2-12(10-15)11-3-5-14-6-4-11;;/h11-12,14H,1-10H2,(H2,13,16,17);2*1H/t12-;;/m0../s1. The fraction of sp³-hybridized carbons (Fsp3) is 1.00. The van der Waals surface area contributed by atoms with Gasteiger partial charge in [0.1, 0.15) is 0 Å². The highest BCUT2D eigenvalue weighted by molar-refractivity contribution is 7.89. The number of hydrogen-bond donors (Lipinski definition) is 2. The lowest BCUT2D eigenvalue weighted by molar-refractivity contribution is 0.123. The number of halogens is 2. The molecule has 5 nitrogen and oxygen atoms in total. The summed E-state index contributed by atoms with van der Waals surface area (Å²) in [4.78, 5) is 2.28. The number of primary sulfonamides is 1. The topological polar surface area (TPSA) is 75.4 Å². The highest BCUT2D eigenvalue weighted by Crippen LogP contribution is 2.29. The molecule has 2 heterocycles. The molecule has 0 aromatic heterocycles. The van der Waals surface area contributed by atoms with Crippen LogP contribution in [-0.2, 0) is 10.0 Å². The summed E-state index contributed by atoms with van der Waals surface area (Å²) in [6, 6.07) is 0. The molecule has 0 spiro atoms. The quantitative estimate of drug-likeness (QED) is 0.789. The van der Waals surface area contributed by atoms with Crippen LogP contribution in [0.4, 0.5) is 0 Å². The summed E-state index contributed by atoms with van der Waals surface area (Å²) in [5, 5.41) is 8.47. The SMILES string of the molecule is Cl.Cl.NS(=O)(=O)CCN1CCC[C@H](C2CCNCC2)C1. The molecule has 3 N–H and O–H groups in total. The van der Waals surface area contributed by atoms with Crippen LogP contribution in [0.5, 0.6) is 0 Å². The third-order valence-corrected chi connectivity index (χ3v) is 5.04. The van der Waals surface area contributed by atoms with E-state index in [9.17, 15) is 8.42 Å². The Labute approximate surface area is 134 Å². The van der Waals surface area contributed by atoms with Gasteiger partial charge in [0.2, 0.25) is 10.0 Å². The Morgan fingerprint density at radius 3 is 2.35 bits per heavy atom. The fourth-order valence-corrected chi connectivity index (χ4v) is 3.76. The van der Waals surface area contributed by atoms with Gasteiger partial charge in [-0.1, -0.05) is 0 Å². The molecule has 2 aliphatic heterocycles. The predicted octanol–water partition coefficient (Wildman–Crippen LogP) is 0.830. The first kappa shape index (κ1) is 20.4. The van der Waals surface area contributed by atoms with Gasteiger partial charge in [-0.05, 0) is 57.2 Å². The Balaban J connectivity index is 0.00000180. The summed E-state index contributed by atoms with van der Waals surface area (Å²) >= 11 is 0. The molecule has 8 heteroatoms. The zero-order valence-electron chi connectivity index (χ0n) is 11.8. The van der Waals surface area contributed by atoms with E-state index < -0.39 is 10.0 Å². The molecule has 122 valence electrons. The molecule has 1 atom stereocenters. The summed E-state index contributed by atoms with van der Waals surface area (Å²) < 4.78 is 22.0. The Morgan fingerprint density at radius 2 is 1.75 bits per heavy atom. The van der Waals surface area contributed by atoms with Gasteiger partial charge in [0.15, 0.2) is 0 Å². The predicted molar refractivity (Wildman–Crippen MR) is 87.2 cm³/mol. The van der Waals surface area contributed by atoms with Crippen molar-refractivity contribution in [1.82, 2.24) is 10.2 Å². The first-order valence-corrected chi connectivity index (χ1v) is 8.70. The molecule has 0 bridgehead atoms. The molecule has 0 unspecified atom stereocenters. The molecule has 0 aromatic carbocycles. The summed E-state index contributed by atoms with van der Waals surface area (Å²) in [7, 11) is -3.32. The first-order valence-electron chi connectivity index (χ1n) is 6.98. The second kappa shape index (κ2) is 9.43. The van der Waals surface area contributed by atoms with Crippen molar-refractivity contribution in [1.29, 1.82) is 0 Å². The van der Waals surface area contributed by atoms with Crippen molar-refractivity contribution in [2.45, 2.75) is 25.7 Å². The molecular weight excluding hydrogens is 321 g/mol. The number of nitrogens with zero attached hydrogens (tertiary/aromatic N) is 1. The average molecular weight is 348 g/mol. The van der Waals surface area contributed by atoms with Crippen molar-refractivity contribution in [2.75, 3.05) is 38.5 Å². The minimum Gasteiger partial charge on any atom is -0.317 e. The minimum absolute atomic E-state index is 0. The van der Waals surface area contributed by atoms with Gasteiger partial charge in [0.25, 0.3) is 0 Å². The summed E-state index contributed by atoms with van der Waals surface area (Å²) in [5.41, 5.74) is 0. The van der Waals surface area contributed by atoms with Crippen LogP contribution in [0.2, 0.25) is 0 Å². The fourth-order valence-electron chi connectivity index (χ4n) is 3.25. The molecule has 2 rings (SSSR count). The van der Waals surface area contributed by atoms with Crippen molar-refractivity contribution in [3.8, 4) is 0 Å². The number of likely N-dealkylation sites (tertiary alicyclic amines) is 1. The van der Waals surface area contributed by atoms with Crippen molar-refractivity contribution >= 4 is 34.8 Å². The molecule has 0 saturated carbocycles. The van der Waals surface area contributed by atoms with E-state index in [0.717, 1.165) is 38.0 Å². The molecule has 2 fully saturated rings. The van der Waals surface area contributed by atoms with Crippen LogP contribution < -0.4 is 10.5 Å². The maximum atomic E-state index is 11.0. The number of nitrogens with two attached hydrogens (primary N) is 1. The summed E-state index contributed by atoms with van der Waals surface area (Å²) in [6.45, 7) is 4.95. The molecule has 20 heavy (non-hydrogen) atoms. The Kier molecular flexibility index (Phi) is 9.63. The molecular formula is C12H27Cl2N3O2S. The normalized spacial score (nSPS) is 25.6. The minimum atomic E-state index is -3.32. The zero-order chi connectivity index (χ0) is 13.0. The van der Waals surface area contributed by atoms with Crippen LogP contribution in [0.3, 0.4) is 0 Å². The smallest absolute Gasteiger partial charge is 0.210 e. The van der Waals surface area contributed by atoms with E-state index in [4.69, 9.17) is 5.14 Å². The van der Waals surface area contributed by atoms with Crippen LogP contribution in [0.15, 0.2) is 0 Å².